The lowest BCUT2D eigenvalue weighted by Gasteiger charge is -2.26. The summed E-state index contributed by atoms with van der Waals surface area (Å²) in [5.74, 6) is 1.68. The van der Waals surface area contributed by atoms with Crippen LogP contribution in [0.3, 0.4) is 0 Å². The maximum atomic E-state index is 11.7. The first-order chi connectivity index (χ1) is 10.3. The minimum absolute atomic E-state index is 0.00962. The van der Waals surface area contributed by atoms with Gasteiger partial charge in [-0.1, -0.05) is 13.8 Å². The lowest BCUT2D eigenvalue weighted by molar-refractivity contribution is -0.127. The molecule has 0 aromatic heterocycles. The molecule has 0 unspecified atom stereocenters. The van der Waals surface area contributed by atoms with Gasteiger partial charge in [-0.05, 0) is 18.1 Å². The first-order valence-electron chi connectivity index (χ1n) is 7.52. The van der Waals surface area contributed by atoms with Crippen LogP contribution in [0, 0.1) is 5.41 Å². The Morgan fingerprint density at radius 1 is 1.32 bits per heavy atom. The number of nitrogens with one attached hydrogen (secondary N) is 2. The number of hydrogen-bond acceptors (Lipinski definition) is 4. The molecule has 1 amide bonds. The normalized spacial score (nSPS) is 12.2. The van der Waals surface area contributed by atoms with Crippen LogP contribution >= 0.6 is 11.8 Å². The van der Waals surface area contributed by atoms with E-state index in [-0.39, 0.29) is 17.9 Å². The first kappa shape index (κ1) is 21.0. The second-order valence-corrected chi connectivity index (χ2v) is 7.12. The van der Waals surface area contributed by atoms with Crippen molar-refractivity contribution >= 4 is 23.6 Å². The third-order valence-electron chi connectivity index (χ3n) is 3.19. The molecule has 0 bridgehead atoms. The summed E-state index contributed by atoms with van der Waals surface area (Å²) < 4.78 is 5.14. The quantitative estimate of drug-likeness (QED) is 0.355. The van der Waals surface area contributed by atoms with E-state index in [1.807, 2.05) is 0 Å². The van der Waals surface area contributed by atoms with Crippen molar-refractivity contribution in [2.24, 2.45) is 10.4 Å². The van der Waals surface area contributed by atoms with Crippen LogP contribution in [0.4, 0.5) is 0 Å². The lowest BCUT2D eigenvalue weighted by Crippen LogP contribution is -2.43. The molecule has 0 aromatic rings. The number of thioether (sulfide) groups is 1. The van der Waals surface area contributed by atoms with Crippen molar-refractivity contribution in [1.82, 2.24) is 15.5 Å². The average Bonchev–Trinajstić information content (AvgIpc) is 2.47. The third-order valence-corrected chi connectivity index (χ3v) is 3.80. The predicted octanol–water partition coefficient (Wildman–Crippen LogP) is 1.04. The Balaban J connectivity index is 4.51. The molecule has 0 saturated heterocycles. The largest absolute Gasteiger partial charge is 0.385 e. The number of guanidine groups is 1. The first-order valence-corrected chi connectivity index (χ1v) is 8.92. The summed E-state index contributed by atoms with van der Waals surface area (Å²) in [4.78, 5) is 17.6. The standard InChI is InChI=1S/C15H32N4O2S/c1-15(2,7-9-21-5)12-18-14(16-8-10-22-6)17-11-13(20)19(3)4/h7-12H2,1-6H3,(H2,16,17,18). The van der Waals surface area contributed by atoms with Crippen molar-refractivity contribution < 1.29 is 9.53 Å². The zero-order valence-electron chi connectivity index (χ0n) is 14.9. The molecule has 0 aliphatic carbocycles. The van der Waals surface area contributed by atoms with E-state index < -0.39 is 0 Å². The van der Waals surface area contributed by atoms with E-state index in [2.05, 4.69) is 35.7 Å². The molecule has 0 spiro atoms. The SMILES string of the molecule is COCCC(C)(C)CNC(=NCC(=O)N(C)C)NCCSC. The number of carbonyl (C=O) groups excluding carboxylic acids is 1. The van der Waals surface area contributed by atoms with E-state index in [0.717, 1.165) is 31.9 Å². The average molecular weight is 333 g/mol. The highest BCUT2D eigenvalue weighted by Gasteiger charge is 2.18. The van der Waals surface area contributed by atoms with Crippen molar-refractivity contribution in [3.8, 4) is 0 Å². The Bertz CT molecular complexity index is 346. The summed E-state index contributed by atoms with van der Waals surface area (Å²) in [7, 11) is 5.19. The smallest absolute Gasteiger partial charge is 0.243 e. The van der Waals surface area contributed by atoms with E-state index in [1.165, 1.54) is 0 Å². The van der Waals surface area contributed by atoms with Gasteiger partial charge in [0, 0.05) is 46.7 Å². The fourth-order valence-corrected chi connectivity index (χ4v) is 1.83. The highest BCUT2D eigenvalue weighted by atomic mass is 32.2. The highest BCUT2D eigenvalue weighted by molar-refractivity contribution is 7.98. The van der Waals surface area contributed by atoms with Gasteiger partial charge in [-0.3, -0.25) is 4.79 Å². The summed E-state index contributed by atoms with van der Waals surface area (Å²) in [5, 5.41) is 6.59. The van der Waals surface area contributed by atoms with Gasteiger partial charge >= 0.3 is 0 Å². The van der Waals surface area contributed by atoms with Crippen molar-refractivity contribution in [2.45, 2.75) is 20.3 Å². The summed E-state index contributed by atoms with van der Waals surface area (Å²) in [5.41, 5.74) is 0.101. The molecular weight excluding hydrogens is 300 g/mol. The van der Waals surface area contributed by atoms with Crippen LogP contribution in [0.1, 0.15) is 20.3 Å². The zero-order chi connectivity index (χ0) is 17.0. The van der Waals surface area contributed by atoms with Crippen LogP contribution in [0.15, 0.2) is 4.99 Å². The predicted molar refractivity (Wildman–Crippen MR) is 95.7 cm³/mol. The molecule has 0 radical (unpaired) electrons. The number of rotatable bonds is 10. The van der Waals surface area contributed by atoms with E-state index in [4.69, 9.17) is 4.74 Å². The zero-order valence-corrected chi connectivity index (χ0v) is 15.7. The van der Waals surface area contributed by atoms with Gasteiger partial charge in [0.05, 0.1) is 0 Å². The number of amides is 1. The van der Waals surface area contributed by atoms with Crippen LogP contribution < -0.4 is 10.6 Å². The molecule has 22 heavy (non-hydrogen) atoms. The van der Waals surface area contributed by atoms with Crippen LogP contribution in [0.5, 0.6) is 0 Å². The number of likely N-dealkylation sites (N-methyl/N-ethyl adjacent to an activating group) is 1. The summed E-state index contributed by atoms with van der Waals surface area (Å²) >= 11 is 1.77. The Morgan fingerprint density at radius 3 is 2.55 bits per heavy atom. The number of ether oxygens (including phenoxy) is 1. The van der Waals surface area contributed by atoms with Gasteiger partial charge in [-0.25, -0.2) is 4.99 Å². The summed E-state index contributed by atoms with van der Waals surface area (Å²) in [6, 6.07) is 0. The molecule has 2 N–H and O–H groups in total. The fraction of sp³-hybridized carbons (Fsp3) is 0.867. The van der Waals surface area contributed by atoms with Crippen LogP contribution in [0.2, 0.25) is 0 Å². The second-order valence-electron chi connectivity index (χ2n) is 6.13. The molecule has 0 saturated carbocycles. The second kappa shape index (κ2) is 11.6. The van der Waals surface area contributed by atoms with Crippen molar-refractivity contribution in [2.75, 3.05) is 59.5 Å². The van der Waals surface area contributed by atoms with Gasteiger partial charge in [-0.2, -0.15) is 11.8 Å². The Morgan fingerprint density at radius 2 is 2.00 bits per heavy atom. The molecule has 0 fully saturated rings. The van der Waals surface area contributed by atoms with Gasteiger partial charge in [0.25, 0.3) is 0 Å². The molecule has 0 heterocycles. The van der Waals surface area contributed by atoms with E-state index in [1.54, 1.807) is 37.9 Å². The molecule has 0 rings (SSSR count). The van der Waals surface area contributed by atoms with Gasteiger partial charge in [0.2, 0.25) is 5.91 Å². The van der Waals surface area contributed by atoms with Crippen molar-refractivity contribution in [3.05, 3.63) is 0 Å². The van der Waals surface area contributed by atoms with Crippen LogP contribution in [0.25, 0.3) is 0 Å². The molecule has 7 heteroatoms. The van der Waals surface area contributed by atoms with E-state index >= 15 is 0 Å². The molecule has 0 aliphatic heterocycles. The number of carbonyl (C=O) groups is 1. The highest BCUT2D eigenvalue weighted by Crippen LogP contribution is 2.18. The molecule has 130 valence electrons. The summed E-state index contributed by atoms with van der Waals surface area (Å²) in [6.45, 7) is 6.85. The maximum Gasteiger partial charge on any atom is 0.243 e. The fourth-order valence-electron chi connectivity index (χ4n) is 1.52. The van der Waals surface area contributed by atoms with Gasteiger partial charge < -0.3 is 20.3 Å². The molecule has 0 atom stereocenters. The third kappa shape index (κ3) is 10.7. The van der Waals surface area contributed by atoms with Gasteiger partial charge in [0.15, 0.2) is 5.96 Å². The topological polar surface area (TPSA) is 66.0 Å². The minimum atomic E-state index is -0.00962. The Kier molecular flexibility index (Phi) is 11.1. The minimum Gasteiger partial charge on any atom is -0.385 e. The number of aliphatic imine (C=N–C) groups is 1. The summed E-state index contributed by atoms with van der Waals surface area (Å²) in [6.07, 6.45) is 3.03. The Labute approximate surface area is 139 Å². The van der Waals surface area contributed by atoms with Crippen molar-refractivity contribution in [3.63, 3.8) is 0 Å². The van der Waals surface area contributed by atoms with Crippen LogP contribution in [-0.4, -0.2) is 76.2 Å². The number of hydrogen-bond donors (Lipinski definition) is 2. The van der Waals surface area contributed by atoms with E-state index in [0.29, 0.717) is 5.96 Å². The maximum absolute atomic E-state index is 11.7. The Hall–Kier alpha value is -0.950. The molecule has 0 aliphatic rings. The molecule has 6 nitrogen and oxygen atoms in total. The lowest BCUT2D eigenvalue weighted by atomic mass is 9.90. The number of nitrogens with zero attached hydrogens (tertiary/aromatic N) is 2. The molecule has 0 aromatic carbocycles. The van der Waals surface area contributed by atoms with Gasteiger partial charge in [0.1, 0.15) is 6.54 Å². The van der Waals surface area contributed by atoms with Crippen molar-refractivity contribution in [1.29, 1.82) is 0 Å². The monoisotopic (exact) mass is 332 g/mol. The van der Waals surface area contributed by atoms with Crippen LogP contribution in [-0.2, 0) is 9.53 Å². The number of methoxy groups -OCH3 is 1. The van der Waals surface area contributed by atoms with Gasteiger partial charge in [-0.15, -0.1) is 0 Å². The van der Waals surface area contributed by atoms with E-state index in [9.17, 15) is 4.79 Å². The molecular formula is C15H32N4O2S.